The van der Waals surface area contributed by atoms with Crippen molar-refractivity contribution in [2.24, 2.45) is 0 Å². The van der Waals surface area contributed by atoms with Crippen molar-refractivity contribution in [1.82, 2.24) is 0 Å². The van der Waals surface area contributed by atoms with Gasteiger partial charge in [0.25, 0.3) is 0 Å². The molecular formula is C17H14F2O5S. The Morgan fingerprint density at radius 3 is 2.00 bits per heavy atom. The zero-order valence-corrected chi connectivity index (χ0v) is 13.9. The van der Waals surface area contributed by atoms with E-state index in [1.807, 2.05) is 0 Å². The molecule has 0 heterocycles. The molecule has 8 heteroatoms. The van der Waals surface area contributed by atoms with E-state index >= 15 is 0 Å². The first-order valence-electron chi connectivity index (χ1n) is 7.16. The molecule has 0 radical (unpaired) electrons. The minimum atomic E-state index is -4.73. The number of carbonyl (C=O) groups excluding carboxylic acids is 2. The van der Waals surface area contributed by atoms with Crippen molar-refractivity contribution >= 4 is 21.6 Å². The standard InChI is InChI=1S/C17H14F2O5S/c1-11(15(20)12-5-3-2-4-6-12)24-16(21)13-7-9-14(10-8-13)25(22,23)17(18)19/h2-11,17H,1H3. The third-order valence-electron chi connectivity index (χ3n) is 3.36. The lowest BCUT2D eigenvalue weighted by atomic mass is 10.1. The summed E-state index contributed by atoms with van der Waals surface area (Å²) in [6.45, 7) is 1.41. The second-order valence-corrected chi connectivity index (χ2v) is 7.03. The molecule has 0 saturated carbocycles. The summed E-state index contributed by atoms with van der Waals surface area (Å²) in [6, 6.07) is 12.1. The van der Waals surface area contributed by atoms with Crippen molar-refractivity contribution < 1.29 is 31.5 Å². The average Bonchev–Trinajstić information content (AvgIpc) is 2.61. The van der Waals surface area contributed by atoms with E-state index in [9.17, 15) is 26.8 Å². The van der Waals surface area contributed by atoms with Crippen molar-refractivity contribution in [3.05, 3.63) is 65.7 Å². The predicted molar refractivity (Wildman–Crippen MR) is 85.3 cm³/mol. The van der Waals surface area contributed by atoms with E-state index < -0.39 is 38.3 Å². The molecule has 1 unspecified atom stereocenters. The fraction of sp³-hybridized carbons (Fsp3) is 0.176. The van der Waals surface area contributed by atoms with E-state index in [2.05, 4.69) is 0 Å². The number of hydrogen-bond acceptors (Lipinski definition) is 5. The lowest BCUT2D eigenvalue weighted by Crippen LogP contribution is -2.24. The number of alkyl halides is 2. The Hall–Kier alpha value is -2.61. The molecule has 0 spiro atoms. The van der Waals surface area contributed by atoms with Crippen LogP contribution in [-0.2, 0) is 14.6 Å². The Kier molecular flexibility index (Phi) is 5.63. The molecule has 0 bridgehead atoms. The van der Waals surface area contributed by atoms with Crippen LogP contribution in [0.15, 0.2) is 59.5 Å². The molecule has 2 aromatic rings. The number of ketones is 1. The number of benzene rings is 2. The first-order valence-corrected chi connectivity index (χ1v) is 8.70. The van der Waals surface area contributed by atoms with Crippen LogP contribution in [0.25, 0.3) is 0 Å². The quantitative estimate of drug-likeness (QED) is 0.578. The molecule has 5 nitrogen and oxygen atoms in total. The summed E-state index contributed by atoms with van der Waals surface area (Å²) in [7, 11) is -4.73. The smallest absolute Gasteiger partial charge is 0.341 e. The number of halogens is 2. The summed E-state index contributed by atoms with van der Waals surface area (Å²) in [5.41, 5.74) is 0.321. The van der Waals surface area contributed by atoms with Gasteiger partial charge in [-0.3, -0.25) is 4.79 Å². The highest BCUT2D eigenvalue weighted by molar-refractivity contribution is 7.91. The fourth-order valence-electron chi connectivity index (χ4n) is 2.00. The number of ether oxygens (including phenoxy) is 1. The van der Waals surface area contributed by atoms with E-state index in [1.54, 1.807) is 30.3 Å². The van der Waals surface area contributed by atoms with Gasteiger partial charge in [-0.05, 0) is 31.2 Å². The number of sulfone groups is 1. The molecule has 1 atom stereocenters. The van der Waals surface area contributed by atoms with Gasteiger partial charge in [0.2, 0.25) is 15.6 Å². The highest BCUT2D eigenvalue weighted by atomic mass is 32.2. The molecule has 0 aliphatic rings. The maximum absolute atomic E-state index is 12.5. The van der Waals surface area contributed by atoms with E-state index in [1.165, 1.54) is 6.92 Å². The van der Waals surface area contributed by atoms with Crippen molar-refractivity contribution in [3.63, 3.8) is 0 Å². The van der Waals surface area contributed by atoms with Gasteiger partial charge in [0.05, 0.1) is 10.5 Å². The van der Waals surface area contributed by atoms with Gasteiger partial charge in [-0.2, -0.15) is 8.78 Å². The van der Waals surface area contributed by atoms with Gasteiger partial charge in [-0.15, -0.1) is 0 Å². The predicted octanol–water partition coefficient (Wildman–Crippen LogP) is 3.11. The summed E-state index contributed by atoms with van der Waals surface area (Å²) in [5, 5.41) is 0. The molecule has 0 amide bonds. The molecule has 0 aliphatic heterocycles. The van der Waals surface area contributed by atoms with Gasteiger partial charge < -0.3 is 4.74 Å². The SMILES string of the molecule is CC(OC(=O)c1ccc(S(=O)(=O)C(F)F)cc1)C(=O)c1ccccc1. The van der Waals surface area contributed by atoms with Crippen LogP contribution >= 0.6 is 0 Å². The van der Waals surface area contributed by atoms with Gasteiger partial charge in [-0.25, -0.2) is 13.2 Å². The largest absolute Gasteiger partial charge is 0.451 e. The number of hydrogen-bond donors (Lipinski definition) is 0. The first-order chi connectivity index (χ1) is 11.7. The molecule has 25 heavy (non-hydrogen) atoms. The zero-order valence-electron chi connectivity index (χ0n) is 13.1. The molecular weight excluding hydrogens is 354 g/mol. The van der Waals surface area contributed by atoms with E-state index in [4.69, 9.17) is 4.74 Å². The Morgan fingerprint density at radius 1 is 0.920 bits per heavy atom. The average molecular weight is 368 g/mol. The van der Waals surface area contributed by atoms with E-state index in [-0.39, 0.29) is 5.56 Å². The molecule has 2 rings (SSSR count). The zero-order chi connectivity index (χ0) is 18.6. The van der Waals surface area contributed by atoms with Crippen LogP contribution in [0.4, 0.5) is 8.78 Å². The monoisotopic (exact) mass is 368 g/mol. The number of rotatable bonds is 6. The van der Waals surface area contributed by atoms with E-state index in [0.717, 1.165) is 24.3 Å². The van der Waals surface area contributed by atoms with Crippen LogP contribution in [0.3, 0.4) is 0 Å². The third-order valence-corrected chi connectivity index (χ3v) is 4.76. The summed E-state index contributed by atoms with van der Waals surface area (Å²) >= 11 is 0. The second-order valence-electron chi connectivity index (χ2n) is 5.11. The van der Waals surface area contributed by atoms with Crippen LogP contribution in [0.2, 0.25) is 0 Å². The summed E-state index contributed by atoms with van der Waals surface area (Å²) in [6.07, 6.45) is -1.06. The highest BCUT2D eigenvalue weighted by Crippen LogP contribution is 2.19. The van der Waals surface area contributed by atoms with Crippen molar-refractivity contribution in [2.45, 2.75) is 23.7 Å². The van der Waals surface area contributed by atoms with Crippen molar-refractivity contribution in [3.8, 4) is 0 Å². The number of esters is 1. The third kappa shape index (κ3) is 4.27. The van der Waals surface area contributed by atoms with Crippen molar-refractivity contribution in [1.29, 1.82) is 0 Å². The summed E-state index contributed by atoms with van der Waals surface area (Å²) < 4.78 is 52.6. The minimum absolute atomic E-state index is 0.0547. The van der Waals surface area contributed by atoms with Crippen LogP contribution in [0.1, 0.15) is 27.6 Å². The molecule has 0 aliphatic carbocycles. The first kappa shape index (κ1) is 18.7. The molecule has 0 saturated heterocycles. The fourth-order valence-corrected chi connectivity index (χ4v) is 2.72. The maximum Gasteiger partial charge on any atom is 0.341 e. The van der Waals surface area contributed by atoms with Gasteiger partial charge in [0, 0.05) is 5.56 Å². The van der Waals surface area contributed by atoms with Crippen LogP contribution in [0.5, 0.6) is 0 Å². The van der Waals surface area contributed by atoms with Gasteiger partial charge in [0.15, 0.2) is 6.10 Å². The van der Waals surface area contributed by atoms with Crippen LogP contribution in [-0.4, -0.2) is 32.0 Å². The van der Waals surface area contributed by atoms with Crippen LogP contribution in [0, 0.1) is 0 Å². The minimum Gasteiger partial charge on any atom is -0.451 e. The molecule has 2 aromatic carbocycles. The molecule has 0 aromatic heterocycles. The van der Waals surface area contributed by atoms with E-state index in [0.29, 0.717) is 5.56 Å². The maximum atomic E-state index is 12.5. The van der Waals surface area contributed by atoms with Gasteiger partial charge >= 0.3 is 11.7 Å². The second kappa shape index (κ2) is 7.52. The lowest BCUT2D eigenvalue weighted by molar-refractivity contribution is 0.0318. The molecule has 132 valence electrons. The van der Waals surface area contributed by atoms with Gasteiger partial charge in [-0.1, -0.05) is 30.3 Å². The topological polar surface area (TPSA) is 77.5 Å². The van der Waals surface area contributed by atoms with Crippen molar-refractivity contribution in [2.75, 3.05) is 0 Å². The number of Topliss-reactive ketones (excluding diaryl/α,β-unsaturated/α-hetero) is 1. The Labute approximate surface area is 143 Å². The number of carbonyl (C=O) groups is 2. The highest BCUT2D eigenvalue weighted by Gasteiger charge is 2.27. The Morgan fingerprint density at radius 2 is 1.48 bits per heavy atom. The summed E-state index contributed by atoms with van der Waals surface area (Å²) in [5.74, 6) is -4.81. The normalized spacial score (nSPS) is 12.6. The van der Waals surface area contributed by atoms with Gasteiger partial charge in [0.1, 0.15) is 0 Å². The molecule has 0 fully saturated rings. The molecule has 0 N–H and O–H groups in total. The van der Waals surface area contributed by atoms with Crippen LogP contribution < -0.4 is 0 Å². The Bertz CT molecular complexity index is 862. The lowest BCUT2D eigenvalue weighted by Gasteiger charge is -2.12. The summed E-state index contributed by atoms with van der Waals surface area (Å²) in [4.78, 5) is 23.5. The Balaban J connectivity index is 2.10.